The quantitative estimate of drug-likeness (QED) is 0.896. The summed E-state index contributed by atoms with van der Waals surface area (Å²) in [4.78, 5) is 24.2. The van der Waals surface area contributed by atoms with Crippen LogP contribution < -0.4 is 0 Å². The molecule has 1 aromatic heterocycles. The minimum absolute atomic E-state index is 0.0476. The first-order chi connectivity index (χ1) is 9.74. The molecule has 5 nitrogen and oxygen atoms in total. The standard InChI is InChI=1S/C15H24N4O/c1-12-11-16-14(17-12)15(20)19-8-4-7-18(9-10-19)13-5-2-3-6-13/h11,13H,2-10H2,1H3,(H,16,17). The first-order valence-corrected chi connectivity index (χ1v) is 7.79. The molecule has 1 aliphatic carbocycles. The zero-order valence-corrected chi connectivity index (χ0v) is 12.3. The van der Waals surface area contributed by atoms with Crippen LogP contribution in [0.25, 0.3) is 0 Å². The van der Waals surface area contributed by atoms with E-state index in [0.717, 1.165) is 44.3 Å². The molecule has 0 bridgehead atoms. The zero-order chi connectivity index (χ0) is 13.9. The largest absolute Gasteiger partial charge is 0.338 e. The van der Waals surface area contributed by atoms with Gasteiger partial charge in [0.1, 0.15) is 0 Å². The van der Waals surface area contributed by atoms with Crippen molar-refractivity contribution in [2.75, 3.05) is 26.2 Å². The molecule has 0 aromatic carbocycles. The van der Waals surface area contributed by atoms with E-state index in [2.05, 4.69) is 14.9 Å². The summed E-state index contributed by atoms with van der Waals surface area (Å²) in [6.07, 6.45) is 8.21. The molecule has 0 unspecified atom stereocenters. The number of carbonyl (C=O) groups is 1. The minimum Gasteiger partial charge on any atom is -0.338 e. The molecular formula is C15H24N4O. The van der Waals surface area contributed by atoms with Crippen molar-refractivity contribution in [2.45, 2.75) is 45.1 Å². The molecule has 1 aromatic rings. The van der Waals surface area contributed by atoms with Crippen molar-refractivity contribution in [3.8, 4) is 0 Å². The number of amides is 1. The van der Waals surface area contributed by atoms with Crippen LogP contribution in [-0.2, 0) is 0 Å². The number of aryl methyl sites for hydroxylation is 1. The second-order valence-corrected chi connectivity index (χ2v) is 6.03. The lowest BCUT2D eigenvalue weighted by atomic mass is 10.2. The van der Waals surface area contributed by atoms with Crippen LogP contribution in [0.4, 0.5) is 0 Å². The van der Waals surface area contributed by atoms with Gasteiger partial charge in [0.2, 0.25) is 0 Å². The number of carbonyl (C=O) groups excluding carboxylic acids is 1. The van der Waals surface area contributed by atoms with E-state index in [9.17, 15) is 4.79 Å². The summed E-state index contributed by atoms with van der Waals surface area (Å²) in [5, 5.41) is 0. The van der Waals surface area contributed by atoms with E-state index in [-0.39, 0.29) is 5.91 Å². The number of nitrogens with zero attached hydrogens (tertiary/aromatic N) is 3. The molecule has 0 radical (unpaired) electrons. The Labute approximate surface area is 120 Å². The lowest BCUT2D eigenvalue weighted by molar-refractivity contribution is 0.0747. The maximum Gasteiger partial charge on any atom is 0.289 e. The van der Waals surface area contributed by atoms with Crippen molar-refractivity contribution < 1.29 is 4.79 Å². The van der Waals surface area contributed by atoms with Crippen molar-refractivity contribution in [2.24, 2.45) is 0 Å². The first kappa shape index (κ1) is 13.6. The van der Waals surface area contributed by atoms with Crippen LogP contribution in [0.15, 0.2) is 6.20 Å². The van der Waals surface area contributed by atoms with Crippen molar-refractivity contribution in [1.29, 1.82) is 0 Å². The number of imidazole rings is 1. The predicted octanol–water partition coefficient (Wildman–Crippen LogP) is 1.81. The number of hydrogen-bond acceptors (Lipinski definition) is 3. The third-order valence-corrected chi connectivity index (χ3v) is 4.56. The summed E-state index contributed by atoms with van der Waals surface area (Å²) in [7, 11) is 0. The van der Waals surface area contributed by atoms with E-state index in [0.29, 0.717) is 5.82 Å². The molecule has 2 aliphatic rings. The van der Waals surface area contributed by atoms with Crippen LogP contribution in [0.2, 0.25) is 0 Å². The number of rotatable bonds is 2. The van der Waals surface area contributed by atoms with Gasteiger partial charge in [0, 0.05) is 44.1 Å². The topological polar surface area (TPSA) is 52.2 Å². The van der Waals surface area contributed by atoms with Gasteiger partial charge >= 0.3 is 0 Å². The van der Waals surface area contributed by atoms with Crippen molar-refractivity contribution in [3.63, 3.8) is 0 Å². The molecule has 1 N–H and O–H groups in total. The van der Waals surface area contributed by atoms with Crippen molar-refractivity contribution in [1.82, 2.24) is 19.8 Å². The summed E-state index contributed by atoms with van der Waals surface area (Å²) < 4.78 is 0. The van der Waals surface area contributed by atoms with Crippen LogP contribution in [0.3, 0.4) is 0 Å². The summed E-state index contributed by atoms with van der Waals surface area (Å²) in [5.41, 5.74) is 0.941. The highest BCUT2D eigenvalue weighted by Crippen LogP contribution is 2.24. The highest BCUT2D eigenvalue weighted by atomic mass is 16.2. The van der Waals surface area contributed by atoms with Gasteiger partial charge in [-0.1, -0.05) is 12.8 Å². The zero-order valence-electron chi connectivity index (χ0n) is 12.3. The molecule has 2 heterocycles. The Kier molecular flexibility index (Phi) is 4.05. The summed E-state index contributed by atoms with van der Waals surface area (Å²) in [5.74, 6) is 0.531. The molecule has 1 aliphatic heterocycles. The van der Waals surface area contributed by atoms with Gasteiger partial charge in [0.05, 0.1) is 0 Å². The van der Waals surface area contributed by atoms with Gasteiger partial charge in [0.15, 0.2) is 5.82 Å². The fraction of sp³-hybridized carbons (Fsp3) is 0.733. The number of H-pyrrole nitrogens is 1. The normalized spacial score (nSPS) is 22.1. The lowest BCUT2D eigenvalue weighted by Gasteiger charge is -2.27. The molecule has 20 heavy (non-hydrogen) atoms. The highest BCUT2D eigenvalue weighted by Gasteiger charge is 2.27. The highest BCUT2D eigenvalue weighted by molar-refractivity contribution is 5.90. The van der Waals surface area contributed by atoms with Crippen LogP contribution in [0.1, 0.15) is 48.4 Å². The molecule has 1 amide bonds. The second kappa shape index (κ2) is 5.95. The summed E-state index contributed by atoms with van der Waals surface area (Å²) in [6, 6.07) is 0.760. The smallest absolute Gasteiger partial charge is 0.289 e. The molecule has 110 valence electrons. The second-order valence-electron chi connectivity index (χ2n) is 6.03. The maximum absolute atomic E-state index is 12.4. The van der Waals surface area contributed by atoms with Crippen LogP contribution in [0.5, 0.6) is 0 Å². The van der Waals surface area contributed by atoms with Gasteiger partial charge in [-0.05, 0) is 26.2 Å². The molecule has 2 fully saturated rings. The third-order valence-electron chi connectivity index (χ3n) is 4.56. The molecule has 5 heteroatoms. The molecular weight excluding hydrogens is 252 g/mol. The number of aromatic nitrogens is 2. The first-order valence-electron chi connectivity index (χ1n) is 7.79. The third kappa shape index (κ3) is 2.87. The number of nitrogens with one attached hydrogen (secondary N) is 1. The van der Waals surface area contributed by atoms with Gasteiger partial charge < -0.3 is 9.88 Å². The monoisotopic (exact) mass is 276 g/mol. The number of aromatic amines is 1. The van der Waals surface area contributed by atoms with E-state index in [1.807, 2.05) is 11.8 Å². The van der Waals surface area contributed by atoms with Gasteiger partial charge in [-0.25, -0.2) is 4.98 Å². The van der Waals surface area contributed by atoms with Crippen LogP contribution in [-0.4, -0.2) is 57.9 Å². The lowest BCUT2D eigenvalue weighted by Crippen LogP contribution is -2.38. The van der Waals surface area contributed by atoms with E-state index >= 15 is 0 Å². The van der Waals surface area contributed by atoms with E-state index in [4.69, 9.17) is 0 Å². The molecule has 3 rings (SSSR count). The Morgan fingerprint density at radius 1 is 1.20 bits per heavy atom. The fourth-order valence-electron chi connectivity index (χ4n) is 3.45. The van der Waals surface area contributed by atoms with Crippen molar-refractivity contribution >= 4 is 5.91 Å². The van der Waals surface area contributed by atoms with Gasteiger partial charge in [0.25, 0.3) is 5.91 Å². The van der Waals surface area contributed by atoms with E-state index < -0.39 is 0 Å². The van der Waals surface area contributed by atoms with Gasteiger partial charge in [-0.3, -0.25) is 9.69 Å². The Hall–Kier alpha value is -1.36. The molecule has 1 saturated carbocycles. The summed E-state index contributed by atoms with van der Waals surface area (Å²) >= 11 is 0. The predicted molar refractivity (Wildman–Crippen MR) is 77.7 cm³/mol. The average Bonchev–Trinajstić information content (AvgIpc) is 3.05. The number of hydrogen-bond donors (Lipinski definition) is 1. The molecule has 0 spiro atoms. The molecule has 1 saturated heterocycles. The van der Waals surface area contributed by atoms with Gasteiger partial charge in [-0.2, -0.15) is 0 Å². The Bertz CT molecular complexity index is 464. The summed E-state index contributed by atoms with van der Waals surface area (Å²) in [6.45, 7) is 5.74. The Balaban J connectivity index is 1.60. The fourth-order valence-corrected chi connectivity index (χ4v) is 3.45. The van der Waals surface area contributed by atoms with E-state index in [1.54, 1.807) is 6.20 Å². The van der Waals surface area contributed by atoms with E-state index in [1.165, 1.54) is 25.7 Å². The Morgan fingerprint density at radius 3 is 2.70 bits per heavy atom. The van der Waals surface area contributed by atoms with Crippen LogP contribution in [0, 0.1) is 6.92 Å². The van der Waals surface area contributed by atoms with Crippen LogP contribution >= 0.6 is 0 Å². The minimum atomic E-state index is 0.0476. The van der Waals surface area contributed by atoms with Crippen molar-refractivity contribution in [3.05, 3.63) is 17.7 Å². The average molecular weight is 276 g/mol. The maximum atomic E-state index is 12.4. The van der Waals surface area contributed by atoms with Gasteiger partial charge in [-0.15, -0.1) is 0 Å². The Morgan fingerprint density at radius 2 is 2.00 bits per heavy atom. The SMILES string of the molecule is Cc1cnc(C(=O)N2CCCN(C3CCCC3)CC2)[nH]1. The molecule has 0 atom stereocenters.